The molecule has 4 aromatic rings. The van der Waals surface area contributed by atoms with Crippen LogP contribution in [0.1, 0.15) is 54.4 Å². The van der Waals surface area contributed by atoms with E-state index in [1.807, 2.05) is 19.1 Å². The van der Waals surface area contributed by atoms with E-state index in [4.69, 9.17) is 0 Å². The van der Waals surface area contributed by atoms with Crippen LogP contribution in [0.2, 0.25) is 0 Å². The van der Waals surface area contributed by atoms with E-state index in [9.17, 15) is 14.3 Å². The van der Waals surface area contributed by atoms with Crippen molar-refractivity contribution in [2.75, 3.05) is 13.2 Å². The van der Waals surface area contributed by atoms with Crippen LogP contribution in [0.15, 0.2) is 47.3 Å². The lowest BCUT2D eigenvalue weighted by Crippen LogP contribution is -2.36. The van der Waals surface area contributed by atoms with Gasteiger partial charge in [0.2, 0.25) is 0 Å². The second-order valence-corrected chi connectivity index (χ2v) is 9.71. The molecule has 2 aromatic heterocycles. The minimum absolute atomic E-state index is 0.0361. The molecule has 190 valence electrons. The van der Waals surface area contributed by atoms with E-state index in [0.29, 0.717) is 37.4 Å². The Morgan fingerprint density at radius 3 is 2.53 bits per heavy atom. The van der Waals surface area contributed by atoms with E-state index in [1.165, 1.54) is 12.1 Å². The van der Waals surface area contributed by atoms with Gasteiger partial charge in [-0.1, -0.05) is 26.0 Å². The molecule has 0 amide bonds. The number of pyridine rings is 1. The second-order valence-electron chi connectivity index (χ2n) is 9.71. The van der Waals surface area contributed by atoms with Crippen molar-refractivity contribution in [3.8, 4) is 0 Å². The van der Waals surface area contributed by atoms with Crippen LogP contribution >= 0.6 is 0 Å². The summed E-state index contributed by atoms with van der Waals surface area (Å²) in [6, 6.07) is 12.1. The minimum atomic E-state index is -0.295. The summed E-state index contributed by atoms with van der Waals surface area (Å²) in [7, 11) is 0. The van der Waals surface area contributed by atoms with Gasteiger partial charge >= 0.3 is 0 Å². The predicted molar refractivity (Wildman–Crippen MR) is 137 cm³/mol. The number of aryl methyl sites for hydroxylation is 2. The smallest absolute Gasteiger partial charge is 0.252 e. The fourth-order valence-electron chi connectivity index (χ4n) is 4.63. The zero-order valence-corrected chi connectivity index (χ0v) is 21.2. The van der Waals surface area contributed by atoms with E-state index in [1.54, 1.807) is 16.8 Å². The number of nitrogens with one attached hydrogen (secondary N) is 1. The van der Waals surface area contributed by atoms with Crippen LogP contribution in [-0.2, 0) is 13.1 Å². The Bertz CT molecular complexity index is 1380. The molecule has 2 N–H and O–H groups in total. The molecule has 2 aromatic carbocycles. The Kier molecular flexibility index (Phi) is 7.91. The van der Waals surface area contributed by atoms with Crippen LogP contribution in [-0.4, -0.2) is 48.3 Å². The largest absolute Gasteiger partial charge is 0.396 e. The molecule has 1 atom stereocenters. The van der Waals surface area contributed by atoms with Gasteiger partial charge in [0.15, 0.2) is 5.82 Å². The number of benzene rings is 2. The monoisotopic (exact) mass is 492 g/mol. The number of halogens is 1. The molecule has 0 saturated heterocycles. The summed E-state index contributed by atoms with van der Waals surface area (Å²) in [6.07, 6.45) is 0.548. The predicted octanol–water partition coefficient (Wildman–Crippen LogP) is 3.90. The van der Waals surface area contributed by atoms with Gasteiger partial charge in [-0.15, -0.1) is 5.10 Å². The first-order valence-corrected chi connectivity index (χ1v) is 12.3. The Labute approximate surface area is 209 Å². The molecular weight excluding hydrogens is 459 g/mol. The number of fused-ring (bicyclic) bond motifs is 1. The Balaban J connectivity index is 1.70. The Morgan fingerprint density at radius 1 is 1.11 bits per heavy atom. The van der Waals surface area contributed by atoms with Gasteiger partial charge in [0.1, 0.15) is 5.82 Å². The highest BCUT2D eigenvalue weighted by Crippen LogP contribution is 2.29. The lowest BCUT2D eigenvalue weighted by molar-refractivity contribution is 0.122. The van der Waals surface area contributed by atoms with Crippen LogP contribution in [0.25, 0.3) is 10.9 Å². The van der Waals surface area contributed by atoms with Crippen molar-refractivity contribution in [3.05, 3.63) is 86.7 Å². The molecule has 0 saturated carbocycles. The summed E-state index contributed by atoms with van der Waals surface area (Å²) in [5.41, 5.74) is 4.50. The summed E-state index contributed by atoms with van der Waals surface area (Å²) in [6.45, 7) is 9.64. The third kappa shape index (κ3) is 5.68. The first kappa shape index (κ1) is 25.7. The molecule has 0 aliphatic rings. The summed E-state index contributed by atoms with van der Waals surface area (Å²) in [5.74, 6) is 0.485. The zero-order valence-electron chi connectivity index (χ0n) is 21.2. The lowest BCUT2D eigenvalue weighted by Gasteiger charge is -2.33. The number of aromatic amines is 1. The third-order valence-electron chi connectivity index (χ3n) is 6.61. The average molecular weight is 493 g/mol. The third-order valence-corrected chi connectivity index (χ3v) is 6.61. The van der Waals surface area contributed by atoms with Gasteiger partial charge in [-0.05, 0) is 89.0 Å². The number of aliphatic hydroxyl groups is 1. The first-order valence-electron chi connectivity index (χ1n) is 12.3. The number of hydrogen-bond donors (Lipinski definition) is 2. The van der Waals surface area contributed by atoms with Gasteiger partial charge in [0.25, 0.3) is 5.56 Å². The van der Waals surface area contributed by atoms with E-state index in [-0.39, 0.29) is 29.9 Å². The fraction of sp³-hybridized carbons (Fsp3) is 0.407. The first-order chi connectivity index (χ1) is 17.3. The van der Waals surface area contributed by atoms with Gasteiger partial charge in [-0.2, -0.15) is 0 Å². The summed E-state index contributed by atoms with van der Waals surface area (Å²) in [5, 5.41) is 23.1. The van der Waals surface area contributed by atoms with Crippen molar-refractivity contribution in [2.24, 2.45) is 5.92 Å². The number of hydrogen-bond acceptors (Lipinski definition) is 6. The van der Waals surface area contributed by atoms with Crippen LogP contribution < -0.4 is 5.56 Å². The molecule has 0 unspecified atom stereocenters. The summed E-state index contributed by atoms with van der Waals surface area (Å²) >= 11 is 0. The Hall–Kier alpha value is -3.43. The molecule has 0 spiro atoms. The quantitative estimate of drug-likeness (QED) is 0.348. The molecule has 0 radical (unpaired) electrons. The molecule has 4 rings (SSSR count). The van der Waals surface area contributed by atoms with E-state index in [0.717, 1.165) is 27.6 Å². The molecular formula is C27H33FN6O2. The maximum atomic E-state index is 13.4. The average Bonchev–Trinajstić information content (AvgIpc) is 3.28. The molecule has 0 bridgehead atoms. The highest BCUT2D eigenvalue weighted by molar-refractivity contribution is 5.80. The van der Waals surface area contributed by atoms with Crippen molar-refractivity contribution < 1.29 is 9.50 Å². The summed E-state index contributed by atoms with van der Waals surface area (Å²) in [4.78, 5) is 18.2. The van der Waals surface area contributed by atoms with Crippen molar-refractivity contribution in [3.63, 3.8) is 0 Å². The summed E-state index contributed by atoms with van der Waals surface area (Å²) < 4.78 is 15.1. The maximum absolute atomic E-state index is 13.4. The van der Waals surface area contributed by atoms with Crippen LogP contribution in [0.5, 0.6) is 0 Å². The number of H-pyrrole nitrogens is 1. The Morgan fingerprint density at radius 2 is 1.83 bits per heavy atom. The molecule has 9 heteroatoms. The normalized spacial score (nSPS) is 12.7. The van der Waals surface area contributed by atoms with Crippen molar-refractivity contribution >= 4 is 10.9 Å². The fourth-order valence-corrected chi connectivity index (χ4v) is 4.63. The maximum Gasteiger partial charge on any atom is 0.252 e. The minimum Gasteiger partial charge on any atom is -0.396 e. The highest BCUT2D eigenvalue weighted by atomic mass is 19.1. The van der Waals surface area contributed by atoms with Crippen molar-refractivity contribution in [2.45, 2.75) is 53.2 Å². The van der Waals surface area contributed by atoms with Crippen molar-refractivity contribution in [1.29, 1.82) is 0 Å². The van der Waals surface area contributed by atoms with E-state index in [2.05, 4.69) is 52.2 Å². The molecule has 36 heavy (non-hydrogen) atoms. The number of tetrazole rings is 1. The molecule has 2 heterocycles. The van der Waals surface area contributed by atoms with Gasteiger partial charge in [-0.3, -0.25) is 9.69 Å². The van der Waals surface area contributed by atoms with E-state index < -0.39 is 0 Å². The van der Waals surface area contributed by atoms with Gasteiger partial charge in [-0.25, -0.2) is 9.07 Å². The SMILES string of the molecule is Cc1cc2cc(CN(CCCO)[C@H](c3nnnn3Cc3ccc(F)cc3)C(C)C)c(=O)[nH]c2cc1C. The highest BCUT2D eigenvalue weighted by Gasteiger charge is 2.29. The van der Waals surface area contributed by atoms with Crippen LogP contribution in [0, 0.1) is 25.6 Å². The number of aliphatic hydroxyl groups excluding tert-OH is 1. The molecule has 0 aliphatic heterocycles. The van der Waals surface area contributed by atoms with E-state index >= 15 is 0 Å². The number of aromatic nitrogens is 5. The number of rotatable bonds is 10. The zero-order chi connectivity index (χ0) is 25.8. The second kappa shape index (κ2) is 11.1. The number of nitrogens with zero attached hydrogens (tertiary/aromatic N) is 5. The molecule has 8 nitrogen and oxygen atoms in total. The van der Waals surface area contributed by atoms with Gasteiger partial charge in [0, 0.05) is 30.8 Å². The lowest BCUT2D eigenvalue weighted by atomic mass is 9.99. The topological polar surface area (TPSA) is 99.9 Å². The van der Waals surface area contributed by atoms with Gasteiger partial charge < -0.3 is 10.1 Å². The van der Waals surface area contributed by atoms with Crippen LogP contribution in [0.3, 0.4) is 0 Å². The van der Waals surface area contributed by atoms with Crippen LogP contribution in [0.4, 0.5) is 4.39 Å². The molecule has 0 fully saturated rings. The standard InChI is InChI=1S/C27H33FN6O2/c1-17(2)25(26-30-31-32-34(26)15-20-6-8-23(28)9-7-20)33(10-5-11-35)16-22-14-21-12-18(3)19(4)13-24(21)29-27(22)36/h6-9,12-14,17,25,35H,5,10-11,15-16H2,1-4H3,(H,29,36)/t25-/m0/s1. The van der Waals surface area contributed by atoms with Gasteiger partial charge in [0.05, 0.1) is 12.6 Å². The van der Waals surface area contributed by atoms with Crippen molar-refractivity contribution in [1.82, 2.24) is 30.1 Å². The molecule has 0 aliphatic carbocycles.